The highest BCUT2D eigenvalue weighted by Gasteiger charge is 2.35. The number of rotatable bonds is 0. The van der Waals surface area contributed by atoms with E-state index in [0.717, 1.165) is 33.4 Å². The number of phenols is 2. The Labute approximate surface area is 354 Å². The van der Waals surface area contributed by atoms with Crippen LogP contribution in [0.25, 0.3) is 44.5 Å². The Morgan fingerprint density at radius 2 is 0.850 bits per heavy atom. The van der Waals surface area contributed by atoms with Gasteiger partial charge < -0.3 is 19.7 Å². The fraction of sp³-hybridized carbons (Fsp3) is 0.333. The van der Waals surface area contributed by atoms with Crippen molar-refractivity contribution in [3.8, 4) is 67.5 Å². The minimum atomic E-state index is -0.463. The van der Waals surface area contributed by atoms with Crippen molar-refractivity contribution in [1.29, 1.82) is 0 Å². The van der Waals surface area contributed by atoms with Crippen LogP contribution in [0.4, 0.5) is 8.78 Å². The first-order valence-corrected chi connectivity index (χ1v) is 20.9. The molecule has 0 atom stereocenters. The first kappa shape index (κ1) is 42.5. The van der Waals surface area contributed by atoms with Crippen molar-refractivity contribution in [2.24, 2.45) is 0 Å². The number of hydrogen-bond acceptors (Lipinski definition) is 4. The Kier molecular flexibility index (Phi) is 11.2. The predicted molar refractivity (Wildman–Crippen MR) is 242 cm³/mol. The molecular weight excluding hydrogens is 751 g/mol. The van der Waals surface area contributed by atoms with E-state index in [0.29, 0.717) is 57.7 Å². The SMILES string of the molecule is CC(C)(C)c1cc2cc(c1)C(C)(C)CC(C)(C)c1cc(cc(C(C)(C)C)c1)-c1cc(F)cc(c1O)-c1ccccc1OCCCOc1ccccc1-c1cc(F)cc-2c1O. The van der Waals surface area contributed by atoms with E-state index in [1.165, 1.54) is 24.3 Å². The topological polar surface area (TPSA) is 58.9 Å². The smallest absolute Gasteiger partial charge is 0.131 e. The summed E-state index contributed by atoms with van der Waals surface area (Å²) in [7, 11) is 0. The summed E-state index contributed by atoms with van der Waals surface area (Å²) >= 11 is 0. The third kappa shape index (κ3) is 8.66. The summed E-state index contributed by atoms with van der Waals surface area (Å²) in [6, 6.07) is 33.0. The summed E-state index contributed by atoms with van der Waals surface area (Å²) in [5.74, 6) is 0.0327. The molecule has 0 fully saturated rings. The molecule has 0 spiro atoms. The van der Waals surface area contributed by atoms with Crippen LogP contribution in [-0.2, 0) is 21.7 Å². The lowest BCUT2D eigenvalue weighted by molar-refractivity contribution is 0.248. The summed E-state index contributed by atoms with van der Waals surface area (Å²) in [5, 5.41) is 24.2. The molecule has 0 amide bonds. The molecule has 6 heteroatoms. The molecule has 0 saturated carbocycles. The van der Waals surface area contributed by atoms with Crippen molar-refractivity contribution in [3.63, 3.8) is 0 Å². The van der Waals surface area contributed by atoms with Gasteiger partial charge in [-0.15, -0.1) is 0 Å². The lowest BCUT2D eigenvalue weighted by Crippen LogP contribution is -2.30. The standard InChI is InChI=1S/C54H58F2O4/c1-51(2,3)35-22-33-24-37(26-35)53(7,8)32-54(9,10)38-25-34(23-36(27-38)52(4,5)6)44-29-40(56)31-46(50(44)58)42-17-12-14-19-48(42)60-21-15-20-59-47-18-13-11-16-41(47)45-30-39(55)28-43(33)49(45)57/h11-14,16-19,22-31,57-58H,15,20-21,32H2,1-10H3. The summed E-state index contributed by atoms with van der Waals surface area (Å²) in [5.41, 5.74) is 6.97. The maximum Gasteiger partial charge on any atom is 0.131 e. The maximum atomic E-state index is 15.8. The van der Waals surface area contributed by atoms with Crippen LogP contribution in [-0.4, -0.2) is 23.4 Å². The number of halogens is 2. The molecule has 1 aliphatic heterocycles. The number of aromatic hydroxyl groups is 2. The van der Waals surface area contributed by atoms with Gasteiger partial charge >= 0.3 is 0 Å². The van der Waals surface area contributed by atoms with Gasteiger partial charge in [0.15, 0.2) is 0 Å². The Bertz CT molecular complexity index is 2390. The van der Waals surface area contributed by atoms with Crippen LogP contribution in [0.3, 0.4) is 0 Å². The van der Waals surface area contributed by atoms with E-state index in [2.05, 4.69) is 106 Å². The van der Waals surface area contributed by atoms with E-state index in [1.807, 2.05) is 48.5 Å². The minimum Gasteiger partial charge on any atom is -0.507 e. The average molecular weight is 809 g/mol. The second kappa shape index (κ2) is 15.8. The van der Waals surface area contributed by atoms with Crippen LogP contribution in [0.5, 0.6) is 23.0 Å². The second-order valence-electron chi connectivity index (χ2n) is 19.8. The van der Waals surface area contributed by atoms with Gasteiger partial charge in [-0.05, 0) is 97.9 Å². The lowest BCUT2D eigenvalue weighted by Gasteiger charge is -2.38. The number of para-hydroxylation sites is 2. The van der Waals surface area contributed by atoms with Crippen LogP contribution >= 0.6 is 0 Å². The molecule has 7 rings (SSSR count). The third-order valence-electron chi connectivity index (χ3n) is 12.0. The molecule has 0 unspecified atom stereocenters. The number of hydrogen-bond donors (Lipinski definition) is 2. The molecule has 6 aromatic carbocycles. The zero-order chi connectivity index (χ0) is 43.4. The molecular formula is C54H58F2O4. The van der Waals surface area contributed by atoms with Gasteiger partial charge in [-0.2, -0.15) is 0 Å². The molecule has 1 aliphatic rings. The average Bonchev–Trinajstić information content (AvgIpc) is 3.18. The number of phenolic OH excluding ortho intramolecular Hbond substituents is 2. The van der Waals surface area contributed by atoms with Crippen molar-refractivity contribution in [2.75, 3.05) is 13.2 Å². The quantitative estimate of drug-likeness (QED) is 0.160. The molecule has 4 nitrogen and oxygen atoms in total. The zero-order valence-electron chi connectivity index (χ0n) is 36.7. The normalized spacial score (nSPS) is 15.4. The van der Waals surface area contributed by atoms with Gasteiger partial charge in [0.25, 0.3) is 0 Å². The van der Waals surface area contributed by atoms with Crippen LogP contribution in [0.2, 0.25) is 0 Å². The van der Waals surface area contributed by atoms with Gasteiger partial charge in [-0.3, -0.25) is 0 Å². The van der Waals surface area contributed by atoms with Gasteiger partial charge in [0.2, 0.25) is 0 Å². The third-order valence-corrected chi connectivity index (χ3v) is 12.0. The Morgan fingerprint density at radius 3 is 1.23 bits per heavy atom. The van der Waals surface area contributed by atoms with Gasteiger partial charge in [-0.25, -0.2) is 8.78 Å². The summed E-state index contributed by atoms with van der Waals surface area (Å²) in [4.78, 5) is 0. The highest BCUT2D eigenvalue weighted by molar-refractivity contribution is 5.86. The number of ether oxygens (including phenoxy) is 2. The zero-order valence-corrected chi connectivity index (χ0v) is 36.7. The van der Waals surface area contributed by atoms with E-state index in [9.17, 15) is 10.2 Å². The largest absolute Gasteiger partial charge is 0.507 e. The Morgan fingerprint density at radius 1 is 0.483 bits per heavy atom. The van der Waals surface area contributed by atoms with E-state index in [-0.39, 0.29) is 35.5 Å². The fourth-order valence-electron chi connectivity index (χ4n) is 8.63. The Balaban J connectivity index is 1.46. The van der Waals surface area contributed by atoms with E-state index >= 15 is 8.78 Å². The van der Waals surface area contributed by atoms with Crippen LogP contribution in [0, 0.1) is 11.6 Å². The molecule has 8 bridgehead atoms. The number of fused-ring (bicyclic) bond motifs is 14. The van der Waals surface area contributed by atoms with Crippen LogP contribution < -0.4 is 9.47 Å². The maximum absolute atomic E-state index is 15.8. The minimum absolute atomic E-state index is 0.0218. The van der Waals surface area contributed by atoms with Crippen molar-refractivity contribution >= 4 is 0 Å². The van der Waals surface area contributed by atoms with Crippen molar-refractivity contribution < 1.29 is 28.5 Å². The monoisotopic (exact) mass is 808 g/mol. The molecule has 6 aromatic rings. The van der Waals surface area contributed by atoms with E-state index in [1.54, 1.807) is 0 Å². The highest BCUT2D eigenvalue weighted by atomic mass is 19.1. The number of benzene rings is 6. The van der Waals surface area contributed by atoms with Crippen LogP contribution in [0.1, 0.15) is 104 Å². The summed E-state index contributed by atoms with van der Waals surface area (Å²) in [6.45, 7) is 22.4. The first-order chi connectivity index (χ1) is 28.1. The summed E-state index contributed by atoms with van der Waals surface area (Å²) in [6.07, 6.45) is 1.19. The van der Waals surface area contributed by atoms with Crippen molar-refractivity contribution in [2.45, 2.75) is 104 Å². The van der Waals surface area contributed by atoms with Gasteiger partial charge in [0.1, 0.15) is 34.6 Å². The molecule has 0 aliphatic carbocycles. The van der Waals surface area contributed by atoms with E-state index < -0.39 is 22.5 Å². The first-order valence-electron chi connectivity index (χ1n) is 20.9. The van der Waals surface area contributed by atoms with Gasteiger partial charge in [0.05, 0.1) is 13.2 Å². The van der Waals surface area contributed by atoms with E-state index in [4.69, 9.17) is 9.47 Å². The molecule has 0 saturated heterocycles. The molecule has 60 heavy (non-hydrogen) atoms. The van der Waals surface area contributed by atoms with Crippen molar-refractivity contribution in [1.82, 2.24) is 0 Å². The van der Waals surface area contributed by atoms with Gasteiger partial charge in [0, 0.05) is 39.8 Å². The summed E-state index contributed by atoms with van der Waals surface area (Å²) < 4.78 is 44.2. The highest BCUT2D eigenvalue weighted by Crippen LogP contribution is 2.48. The molecule has 1 heterocycles. The molecule has 312 valence electrons. The molecule has 0 aromatic heterocycles. The van der Waals surface area contributed by atoms with Gasteiger partial charge in [-0.1, -0.05) is 142 Å². The molecule has 2 N–H and O–H groups in total. The Hall–Kier alpha value is -5.62. The lowest BCUT2D eigenvalue weighted by atomic mass is 9.66. The molecule has 0 radical (unpaired) electrons. The fourth-order valence-corrected chi connectivity index (χ4v) is 8.63. The second-order valence-corrected chi connectivity index (χ2v) is 19.8. The predicted octanol–water partition coefficient (Wildman–Crippen LogP) is 14.4. The van der Waals surface area contributed by atoms with Crippen LogP contribution in [0.15, 0.2) is 109 Å². The van der Waals surface area contributed by atoms with Crippen molar-refractivity contribution in [3.05, 3.63) is 143 Å².